The number of anilines is 1. The molecule has 1 fully saturated rings. The van der Waals surface area contributed by atoms with Gasteiger partial charge in [-0.3, -0.25) is 4.79 Å². The first kappa shape index (κ1) is 25.9. The minimum atomic E-state index is -0.0604. The van der Waals surface area contributed by atoms with E-state index in [1.165, 1.54) is 0 Å². The minimum absolute atomic E-state index is 0.0343. The van der Waals surface area contributed by atoms with E-state index >= 15 is 0 Å². The summed E-state index contributed by atoms with van der Waals surface area (Å²) in [4.78, 5) is 16.6. The molecule has 2 heterocycles. The van der Waals surface area contributed by atoms with Gasteiger partial charge in [-0.05, 0) is 43.3 Å². The quantitative estimate of drug-likeness (QED) is 0.409. The lowest BCUT2D eigenvalue weighted by atomic mass is 10.1. The number of hydrogen-bond donors (Lipinski definition) is 0. The average Bonchev–Trinajstić information content (AvgIpc) is 2.96. The maximum atomic E-state index is 12.7. The SMILES string of the molecule is CCOc1ccccc1OCC(=O)N1CCN(c2ccc(-c3cc(OC)c(OC)c(OC)c3)nn2)CC1. The fraction of sp³-hybridized carbons (Fsp3) is 0.370. The third-order valence-electron chi connectivity index (χ3n) is 6.07. The van der Waals surface area contributed by atoms with E-state index in [4.69, 9.17) is 23.7 Å². The third kappa shape index (κ3) is 5.96. The number of rotatable bonds is 10. The van der Waals surface area contributed by atoms with Crippen LogP contribution in [0.25, 0.3) is 11.3 Å². The van der Waals surface area contributed by atoms with Crippen LogP contribution in [0, 0.1) is 0 Å². The molecule has 1 aliphatic rings. The van der Waals surface area contributed by atoms with Gasteiger partial charge in [-0.1, -0.05) is 12.1 Å². The second-order valence-corrected chi connectivity index (χ2v) is 8.23. The number of para-hydroxylation sites is 2. The van der Waals surface area contributed by atoms with E-state index in [1.807, 2.05) is 49.4 Å². The molecule has 10 heteroatoms. The molecule has 10 nitrogen and oxygen atoms in total. The number of ether oxygens (including phenoxy) is 5. The van der Waals surface area contributed by atoms with Crippen LogP contribution in [0.3, 0.4) is 0 Å². The molecular weight excluding hydrogens is 476 g/mol. The van der Waals surface area contributed by atoms with E-state index in [0.717, 1.165) is 11.4 Å². The largest absolute Gasteiger partial charge is 0.493 e. The van der Waals surface area contributed by atoms with Gasteiger partial charge in [0, 0.05) is 31.7 Å². The lowest BCUT2D eigenvalue weighted by molar-refractivity contribution is -0.133. The van der Waals surface area contributed by atoms with Crippen LogP contribution in [0.5, 0.6) is 28.7 Å². The monoisotopic (exact) mass is 508 g/mol. The molecule has 0 bridgehead atoms. The zero-order chi connectivity index (χ0) is 26.2. The first-order valence-electron chi connectivity index (χ1n) is 12.1. The Kier molecular flexibility index (Phi) is 8.50. The Hall–Kier alpha value is -4.21. The summed E-state index contributed by atoms with van der Waals surface area (Å²) >= 11 is 0. The van der Waals surface area contributed by atoms with Gasteiger partial charge in [0.15, 0.2) is 35.4 Å². The van der Waals surface area contributed by atoms with E-state index in [-0.39, 0.29) is 12.5 Å². The Morgan fingerprint density at radius 3 is 2.00 bits per heavy atom. The Morgan fingerprint density at radius 2 is 1.46 bits per heavy atom. The zero-order valence-corrected chi connectivity index (χ0v) is 21.6. The number of hydrogen-bond acceptors (Lipinski definition) is 9. The van der Waals surface area contributed by atoms with Crippen LogP contribution in [0.4, 0.5) is 5.82 Å². The van der Waals surface area contributed by atoms with E-state index in [9.17, 15) is 4.79 Å². The molecule has 1 aliphatic heterocycles. The van der Waals surface area contributed by atoms with Crippen molar-refractivity contribution in [3.05, 3.63) is 48.5 Å². The molecule has 0 radical (unpaired) electrons. The second kappa shape index (κ2) is 12.2. The summed E-state index contributed by atoms with van der Waals surface area (Å²) in [5.41, 5.74) is 1.48. The number of piperazine rings is 1. The highest BCUT2D eigenvalue weighted by atomic mass is 16.5. The molecule has 1 amide bonds. The summed E-state index contributed by atoms with van der Waals surface area (Å²) in [6.45, 7) is 4.86. The Morgan fingerprint density at radius 1 is 0.811 bits per heavy atom. The fourth-order valence-electron chi connectivity index (χ4n) is 4.14. The van der Waals surface area contributed by atoms with Crippen molar-refractivity contribution in [1.29, 1.82) is 0 Å². The summed E-state index contributed by atoms with van der Waals surface area (Å²) < 4.78 is 27.6. The molecular formula is C27H32N4O6. The van der Waals surface area contributed by atoms with Gasteiger partial charge in [0.1, 0.15) is 0 Å². The summed E-state index contributed by atoms with van der Waals surface area (Å²) in [6.07, 6.45) is 0. The van der Waals surface area contributed by atoms with Crippen LogP contribution >= 0.6 is 0 Å². The normalized spacial score (nSPS) is 13.2. The van der Waals surface area contributed by atoms with Crippen LogP contribution in [-0.2, 0) is 4.79 Å². The number of aromatic nitrogens is 2. The Labute approximate surface area is 216 Å². The van der Waals surface area contributed by atoms with Crippen LogP contribution < -0.4 is 28.6 Å². The molecule has 0 atom stereocenters. The first-order valence-corrected chi connectivity index (χ1v) is 12.1. The van der Waals surface area contributed by atoms with Crippen molar-refractivity contribution in [2.45, 2.75) is 6.92 Å². The van der Waals surface area contributed by atoms with Crippen molar-refractivity contribution in [3.8, 4) is 40.0 Å². The molecule has 0 spiro atoms. The van der Waals surface area contributed by atoms with Crippen LogP contribution in [0.15, 0.2) is 48.5 Å². The molecule has 2 aromatic carbocycles. The molecule has 37 heavy (non-hydrogen) atoms. The topological polar surface area (TPSA) is 95.5 Å². The van der Waals surface area contributed by atoms with Gasteiger partial charge >= 0.3 is 0 Å². The maximum Gasteiger partial charge on any atom is 0.260 e. The molecule has 1 aromatic heterocycles. The molecule has 0 saturated carbocycles. The van der Waals surface area contributed by atoms with E-state index in [1.54, 1.807) is 32.3 Å². The van der Waals surface area contributed by atoms with E-state index < -0.39 is 0 Å². The van der Waals surface area contributed by atoms with Gasteiger partial charge in [0.2, 0.25) is 5.75 Å². The van der Waals surface area contributed by atoms with Gasteiger partial charge in [-0.2, -0.15) is 0 Å². The van der Waals surface area contributed by atoms with E-state index in [2.05, 4.69) is 15.1 Å². The van der Waals surface area contributed by atoms with Crippen LogP contribution in [0.1, 0.15) is 6.92 Å². The molecule has 3 aromatic rings. The van der Waals surface area contributed by atoms with Crippen molar-refractivity contribution in [2.75, 3.05) is 65.6 Å². The highest BCUT2D eigenvalue weighted by molar-refractivity contribution is 5.78. The molecule has 4 rings (SSSR count). The van der Waals surface area contributed by atoms with Gasteiger partial charge < -0.3 is 33.5 Å². The number of carbonyl (C=O) groups excluding carboxylic acids is 1. The predicted octanol–water partition coefficient (Wildman–Crippen LogP) is 3.30. The van der Waals surface area contributed by atoms with Crippen molar-refractivity contribution in [3.63, 3.8) is 0 Å². The first-order chi connectivity index (χ1) is 18.1. The van der Waals surface area contributed by atoms with Crippen molar-refractivity contribution in [1.82, 2.24) is 15.1 Å². The van der Waals surface area contributed by atoms with Gasteiger partial charge in [0.05, 0.1) is 33.6 Å². The summed E-state index contributed by atoms with van der Waals surface area (Å²) in [5.74, 6) is 3.52. The molecule has 1 saturated heterocycles. The summed E-state index contributed by atoms with van der Waals surface area (Å²) in [6, 6.07) is 14.9. The van der Waals surface area contributed by atoms with Crippen LogP contribution in [0.2, 0.25) is 0 Å². The fourth-order valence-corrected chi connectivity index (χ4v) is 4.14. The van der Waals surface area contributed by atoms with Gasteiger partial charge in [-0.15, -0.1) is 10.2 Å². The highest BCUT2D eigenvalue weighted by Crippen LogP contribution is 2.40. The van der Waals surface area contributed by atoms with Crippen molar-refractivity contribution in [2.24, 2.45) is 0 Å². The Bertz CT molecular complexity index is 1170. The molecule has 196 valence electrons. The lowest BCUT2D eigenvalue weighted by Gasteiger charge is -2.35. The predicted molar refractivity (Wildman–Crippen MR) is 139 cm³/mol. The smallest absolute Gasteiger partial charge is 0.260 e. The number of amides is 1. The average molecular weight is 509 g/mol. The van der Waals surface area contributed by atoms with Crippen molar-refractivity contribution >= 4 is 11.7 Å². The van der Waals surface area contributed by atoms with Gasteiger partial charge in [0.25, 0.3) is 5.91 Å². The third-order valence-corrected chi connectivity index (χ3v) is 6.07. The second-order valence-electron chi connectivity index (χ2n) is 8.23. The Balaban J connectivity index is 1.35. The standard InChI is InChI=1S/C27H32N4O6/c1-5-36-21-8-6-7-9-22(21)37-18-26(32)31-14-12-30(13-15-31)25-11-10-20(28-29-25)19-16-23(33-2)27(35-4)24(17-19)34-3/h6-11,16-17H,5,12-15,18H2,1-4H3. The minimum Gasteiger partial charge on any atom is -0.493 e. The zero-order valence-electron chi connectivity index (χ0n) is 21.6. The van der Waals surface area contributed by atoms with Crippen LogP contribution in [-0.4, -0.2) is 81.7 Å². The molecule has 0 unspecified atom stereocenters. The molecule has 0 N–H and O–H groups in total. The van der Waals surface area contributed by atoms with Gasteiger partial charge in [-0.25, -0.2) is 0 Å². The maximum absolute atomic E-state index is 12.7. The summed E-state index contributed by atoms with van der Waals surface area (Å²) in [7, 11) is 4.72. The number of nitrogens with zero attached hydrogens (tertiary/aromatic N) is 4. The summed E-state index contributed by atoms with van der Waals surface area (Å²) in [5, 5.41) is 8.84. The lowest BCUT2D eigenvalue weighted by Crippen LogP contribution is -2.50. The number of methoxy groups -OCH3 is 3. The highest BCUT2D eigenvalue weighted by Gasteiger charge is 2.23. The molecule has 0 aliphatic carbocycles. The van der Waals surface area contributed by atoms with E-state index in [0.29, 0.717) is 67.2 Å². The number of benzene rings is 2. The number of carbonyl (C=O) groups is 1. The van der Waals surface area contributed by atoms with Crippen molar-refractivity contribution < 1.29 is 28.5 Å².